The first-order chi connectivity index (χ1) is 15.7. The minimum Gasteiger partial charge on any atom is -0.494 e. The van der Waals surface area contributed by atoms with E-state index in [1.165, 1.54) is 16.8 Å². The van der Waals surface area contributed by atoms with E-state index >= 15 is 0 Å². The largest absolute Gasteiger partial charge is 0.494 e. The molecule has 2 N–H and O–H groups in total. The summed E-state index contributed by atoms with van der Waals surface area (Å²) in [6.07, 6.45) is 6.31. The van der Waals surface area contributed by atoms with Gasteiger partial charge in [-0.05, 0) is 38.8 Å². The average molecular weight is 457 g/mol. The van der Waals surface area contributed by atoms with E-state index < -0.39 is 11.5 Å². The van der Waals surface area contributed by atoms with Crippen LogP contribution in [-0.4, -0.2) is 79.7 Å². The van der Waals surface area contributed by atoms with Crippen LogP contribution >= 0.6 is 0 Å². The van der Waals surface area contributed by atoms with Gasteiger partial charge in [0.1, 0.15) is 5.65 Å². The molecule has 1 aliphatic carbocycles. The predicted octanol–water partition coefficient (Wildman–Crippen LogP) is 0.926. The number of hydrogen-bond donors (Lipinski definition) is 2. The average Bonchev–Trinajstić information content (AvgIpc) is 3.44. The highest BCUT2D eigenvalue weighted by Gasteiger charge is 2.30. The summed E-state index contributed by atoms with van der Waals surface area (Å²) in [7, 11) is 2.03. The van der Waals surface area contributed by atoms with E-state index in [4.69, 9.17) is 0 Å². The Morgan fingerprint density at radius 3 is 2.67 bits per heavy atom. The summed E-state index contributed by atoms with van der Waals surface area (Å²) in [5, 5.41) is 17.9. The smallest absolute Gasteiger partial charge is 0.291 e. The number of rotatable bonds is 6. The number of aromatic hydroxyl groups is 1. The van der Waals surface area contributed by atoms with Gasteiger partial charge >= 0.3 is 0 Å². The Morgan fingerprint density at radius 2 is 2.03 bits per heavy atom. The van der Waals surface area contributed by atoms with Crippen LogP contribution in [0.3, 0.4) is 0 Å². The maximum absolute atomic E-state index is 13.1. The fourth-order valence-electron chi connectivity index (χ4n) is 4.27. The van der Waals surface area contributed by atoms with Crippen molar-refractivity contribution in [3.05, 3.63) is 33.8 Å². The van der Waals surface area contributed by atoms with E-state index in [9.17, 15) is 19.5 Å². The molecular weight excluding hydrogens is 424 g/mol. The number of carbonyl (C=O) groups is 2. The molecule has 10 nitrogen and oxygen atoms in total. The van der Waals surface area contributed by atoms with Crippen molar-refractivity contribution in [1.82, 2.24) is 29.3 Å². The third-order valence-corrected chi connectivity index (χ3v) is 6.12. The quantitative estimate of drug-likeness (QED) is 0.626. The number of piperazine rings is 1. The van der Waals surface area contributed by atoms with E-state index in [0.717, 1.165) is 30.4 Å². The molecular formula is C23H32N6O4. The zero-order valence-corrected chi connectivity index (χ0v) is 19.6. The first-order valence-corrected chi connectivity index (χ1v) is 11.5. The number of likely N-dealkylation sites (N-methyl/N-ethyl adjacent to an activating group) is 1. The van der Waals surface area contributed by atoms with Crippen LogP contribution in [0.5, 0.6) is 5.88 Å². The summed E-state index contributed by atoms with van der Waals surface area (Å²) in [6, 6.07) is 0.144. The molecule has 0 aromatic carbocycles. The highest BCUT2D eigenvalue weighted by Crippen LogP contribution is 2.24. The van der Waals surface area contributed by atoms with Crippen molar-refractivity contribution in [1.29, 1.82) is 0 Å². The monoisotopic (exact) mass is 456 g/mol. The fraction of sp³-hybridized carbons (Fsp3) is 0.565. The van der Waals surface area contributed by atoms with Crippen molar-refractivity contribution in [2.24, 2.45) is 5.92 Å². The molecule has 4 rings (SSSR count). The van der Waals surface area contributed by atoms with Crippen molar-refractivity contribution >= 4 is 23.5 Å². The Balaban J connectivity index is 1.72. The third kappa shape index (κ3) is 4.66. The molecule has 2 aliphatic rings. The molecule has 3 heterocycles. The lowest BCUT2D eigenvalue weighted by molar-refractivity contribution is -0.130. The molecule has 2 amide bonds. The van der Waals surface area contributed by atoms with Gasteiger partial charge < -0.3 is 20.2 Å². The molecule has 1 saturated heterocycles. The van der Waals surface area contributed by atoms with Crippen LogP contribution in [-0.2, 0) is 11.3 Å². The molecule has 0 radical (unpaired) electrons. The van der Waals surface area contributed by atoms with E-state index in [-0.39, 0.29) is 35.4 Å². The molecule has 1 aliphatic heterocycles. The molecule has 10 heteroatoms. The lowest BCUT2D eigenvalue weighted by Gasteiger charge is -2.37. The molecule has 178 valence electrons. The third-order valence-electron chi connectivity index (χ3n) is 6.12. The summed E-state index contributed by atoms with van der Waals surface area (Å²) in [5.41, 5.74) is -0.118. The molecule has 1 atom stereocenters. The van der Waals surface area contributed by atoms with Crippen molar-refractivity contribution < 1.29 is 14.7 Å². The van der Waals surface area contributed by atoms with Gasteiger partial charge in [-0.1, -0.05) is 13.8 Å². The van der Waals surface area contributed by atoms with Crippen LogP contribution < -0.4 is 10.9 Å². The number of nitrogens with one attached hydrogen (secondary N) is 1. The van der Waals surface area contributed by atoms with Gasteiger partial charge in [0.25, 0.3) is 11.5 Å². The van der Waals surface area contributed by atoms with E-state index in [2.05, 4.69) is 15.3 Å². The normalized spacial score (nSPS) is 19.7. The Kier molecular flexibility index (Phi) is 6.29. The van der Waals surface area contributed by atoms with Crippen LogP contribution in [0.15, 0.2) is 17.1 Å². The maximum Gasteiger partial charge on any atom is 0.291 e. The maximum atomic E-state index is 13.1. The molecule has 0 bridgehead atoms. The SMILES string of the molecule is CC(C)Cn1c(O)c(C(=O)NC2CC2)c(=O)n2ncc(/C=C/C(=O)N3CCN(C)C[C@@H]3C)c12. The van der Waals surface area contributed by atoms with Crippen molar-refractivity contribution in [3.63, 3.8) is 0 Å². The Hall–Kier alpha value is -3.14. The highest BCUT2D eigenvalue weighted by atomic mass is 16.3. The number of carbonyl (C=O) groups excluding carboxylic acids is 2. The Morgan fingerprint density at radius 1 is 1.30 bits per heavy atom. The lowest BCUT2D eigenvalue weighted by Crippen LogP contribution is -2.52. The topological polar surface area (TPSA) is 112 Å². The van der Waals surface area contributed by atoms with Crippen molar-refractivity contribution in [2.45, 2.75) is 52.2 Å². The van der Waals surface area contributed by atoms with Gasteiger partial charge in [0.2, 0.25) is 11.8 Å². The molecule has 1 saturated carbocycles. The zero-order valence-electron chi connectivity index (χ0n) is 19.6. The second-order valence-corrected chi connectivity index (χ2v) is 9.57. The lowest BCUT2D eigenvalue weighted by atomic mass is 10.2. The standard InChI is InChI=1S/C23H32N6O4/c1-14(2)12-28-21-16(5-8-18(30)27-10-9-26(4)13-15(27)3)11-24-29(21)23(33)19(22(28)32)20(31)25-17-6-7-17/h5,8,11,14-15,17,32H,6-7,9-10,12-13H2,1-4H3,(H,25,31)/b8-5+/t15-/m0/s1. The van der Waals surface area contributed by atoms with Gasteiger partial charge in [0, 0.05) is 49.9 Å². The molecule has 33 heavy (non-hydrogen) atoms. The number of amides is 2. The molecule has 0 unspecified atom stereocenters. The van der Waals surface area contributed by atoms with E-state index in [1.807, 2.05) is 32.7 Å². The zero-order chi connectivity index (χ0) is 23.9. The molecule has 0 spiro atoms. The van der Waals surface area contributed by atoms with Gasteiger partial charge in [-0.25, -0.2) is 0 Å². The van der Waals surface area contributed by atoms with Gasteiger partial charge in [0.15, 0.2) is 5.56 Å². The van der Waals surface area contributed by atoms with Gasteiger partial charge in [0.05, 0.1) is 6.20 Å². The summed E-state index contributed by atoms with van der Waals surface area (Å²) < 4.78 is 2.66. The second kappa shape index (κ2) is 9.01. The summed E-state index contributed by atoms with van der Waals surface area (Å²) in [4.78, 5) is 42.6. The molecule has 2 aromatic rings. The second-order valence-electron chi connectivity index (χ2n) is 9.57. The molecule has 2 fully saturated rings. The first kappa shape index (κ1) is 23.0. The fourth-order valence-corrected chi connectivity index (χ4v) is 4.27. The van der Waals surface area contributed by atoms with Crippen LogP contribution in [0.1, 0.15) is 49.5 Å². The summed E-state index contributed by atoms with van der Waals surface area (Å²) in [5.74, 6) is -0.960. The first-order valence-electron chi connectivity index (χ1n) is 11.5. The van der Waals surface area contributed by atoms with Crippen LogP contribution in [0, 0.1) is 5.92 Å². The Labute approximate surface area is 192 Å². The van der Waals surface area contributed by atoms with Gasteiger partial charge in [-0.15, -0.1) is 0 Å². The van der Waals surface area contributed by atoms with Gasteiger partial charge in [-0.2, -0.15) is 9.61 Å². The number of fused-ring (bicyclic) bond motifs is 1. The van der Waals surface area contributed by atoms with E-state index in [1.54, 1.807) is 6.08 Å². The minimum atomic E-state index is -0.681. The Bertz CT molecular complexity index is 1160. The summed E-state index contributed by atoms with van der Waals surface area (Å²) >= 11 is 0. The van der Waals surface area contributed by atoms with Crippen molar-refractivity contribution in [2.75, 3.05) is 26.7 Å². The number of aromatic nitrogens is 3. The van der Waals surface area contributed by atoms with Crippen molar-refractivity contribution in [3.8, 4) is 5.88 Å². The predicted molar refractivity (Wildman–Crippen MR) is 124 cm³/mol. The van der Waals surface area contributed by atoms with Crippen LogP contribution in [0.4, 0.5) is 0 Å². The number of nitrogens with zero attached hydrogens (tertiary/aromatic N) is 5. The summed E-state index contributed by atoms with van der Waals surface area (Å²) in [6.45, 7) is 8.61. The van der Waals surface area contributed by atoms with E-state index in [0.29, 0.717) is 24.3 Å². The minimum absolute atomic E-state index is 0.0460. The van der Waals surface area contributed by atoms with Crippen LogP contribution in [0.2, 0.25) is 0 Å². The van der Waals surface area contributed by atoms with Crippen LogP contribution in [0.25, 0.3) is 11.7 Å². The number of hydrogen-bond acceptors (Lipinski definition) is 6. The van der Waals surface area contributed by atoms with Gasteiger partial charge in [-0.3, -0.25) is 19.0 Å². The molecule has 2 aromatic heterocycles. The highest BCUT2D eigenvalue weighted by molar-refractivity contribution is 5.97.